The first kappa shape index (κ1) is 22.2. The number of hydrogen-bond donors (Lipinski definition) is 1. The maximum atomic E-state index is 10.7. The monoisotopic (exact) mass is 380 g/mol. The normalized spacial score (nSPS) is 14.5. The lowest BCUT2D eigenvalue weighted by atomic mass is 10.2. The Morgan fingerprint density at radius 2 is 1.68 bits per heavy atom. The van der Waals surface area contributed by atoms with Crippen molar-refractivity contribution in [2.75, 3.05) is 13.7 Å². The van der Waals surface area contributed by atoms with Gasteiger partial charge in [0.1, 0.15) is 5.75 Å². The first-order chi connectivity index (χ1) is 11.5. The van der Waals surface area contributed by atoms with Crippen LogP contribution in [0.15, 0.2) is 35.2 Å². The third-order valence-electron chi connectivity index (χ3n) is 4.01. The van der Waals surface area contributed by atoms with Gasteiger partial charge in [0, 0.05) is 6.61 Å². The summed E-state index contributed by atoms with van der Waals surface area (Å²) in [5, 5.41) is 12.0. The van der Waals surface area contributed by atoms with Gasteiger partial charge in [-0.05, 0) is 30.5 Å². The summed E-state index contributed by atoms with van der Waals surface area (Å²) in [6, 6.07) is 7.94. The van der Waals surface area contributed by atoms with Gasteiger partial charge in [-0.3, -0.25) is 0 Å². The Kier molecular flexibility index (Phi) is 8.61. The van der Waals surface area contributed by atoms with Crippen LogP contribution in [0.4, 0.5) is 0 Å². The Hall–Kier alpha value is -0.886. The molecule has 0 radical (unpaired) electrons. The molecule has 0 spiro atoms. The van der Waals surface area contributed by atoms with Crippen LogP contribution in [-0.2, 0) is 11.3 Å². The number of aliphatic hydroxyl groups is 1. The SMILES string of the molecule is COc1ccc(COCCCC(O)/C(=C/[Si](C)(C)C)[Si](C)(C)C)cc1. The van der Waals surface area contributed by atoms with Crippen LogP contribution in [0, 0.1) is 0 Å². The minimum atomic E-state index is -1.50. The first-order valence-electron chi connectivity index (χ1n) is 9.15. The third kappa shape index (κ3) is 8.85. The summed E-state index contributed by atoms with van der Waals surface area (Å²) in [6.07, 6.45) is 1.34. The van der Waals surface area contributed by atoms with Crippen LogP contribution in [0.25, 0.3) is 0 Å². The molecule has 0 aromatic heterocycles. The summed E-state index contributed by atoms with van der Waals surface area (Å²) in [5.74, 6) is 0.861. The lowest BCUT2D eigenvalue weighted by molar-refractivity contribution is 0.105. The van der Waals surface area contributed by atoms with Crippen LogP contribution in [-0.4, -0.2) is 41.1 Å². The van der Waals surface area contributed by atoms with Crippen molar-refractivity contribution in [1.29, 1.82) is 0 Å². The summed E-state index contributed by atoms with van der Waals surface area (Å²) in [6.45, 7) is 15.2. The maximum Gasteiger partial charge on any atom is 0.118 e. The van der Waals surface area contributed by atoms with E-state index in [0.29, 0.717) is 13.2 Å². The summed E-state index contributed by atoms with van der Waals surface area (Å²) in [4.78, 5) is 0. The second kappa shape index (κ2) is 9.71. The number of ether oxygens (including phenoxy) is 2. The molecule has 0 saturated heterocycles. The van der Waals surface area contributed by atoms with Crippen LogP contribution in [0.1, 0.15) is 18.4 Å². The number of aliphatic hydroxyl groups excluding tert-OH is 1. The fourth-order valence-electron chi connectivity index (χ4n) is 2.73. The van der Waals surface area contributed by atoms with E-state index in [1.165, 1.54) is 5.20 Å². The average Bonchev–Trinajstić information content (AvgIpc) is 2.51. The maximum absolute atomic E-state index is 10.7. The standard InChI is InChI=1S/C20H36O3Si2/c1-22-18-12-10-17(11-13-18)15-23-14-8-9-19(21)20(25(5,6)7)16-24(2,3)4/h10-13,16,19,21H,8-9,14-15H2,1-7H3/b20-16-. The molecule has 1 unspecified atom stereocenters. The molecule has 0 bridgehead atoms. The highest BCUT2D eigenvalue weighted by Crippen LogP contribution is 2.24. The number of hydrogen-bond acceptors (Lipinski definition) is 3. The Morgan fingerprint density at radius 1 is 1.08 bits per heavy atom. The van der Waals surface area contributed by atoms with Gasteiger partial charge >= 0.3 is 0 Å². The fourth-order valence-corrected chi connectivity index (χ4v) is 8.03. The van der Waals surface area contributed by atoms with Gasteiger partial charge < -0.3 is 14.6 Å². The zero-order valence-corrected chi connectivity index (χ0v) is 19.1. The molecule has 0 aliphatic heterocycles. The molecular formula is C20H36O3Si2. The fraction of sp³-hybridized carbons (Fsp3) is 0.600. The van der Waals surface area contributed by atoms with Gasteiger partial charge in [0.25, 0.3) is 0 Å². The molecule has 0 aliphatic carbocycles. The highest BCUT2D eigenvalue weighted by Gasteiger charge is 2.27. The van der Waals surface area contributed by atoms with Gasteiger partial charge in [0.05, 0.1) is 36.0 Å². The Morgan fingerprint density at radius 3 is 2.16 bits per heavy atom. The average molecular weight is 381 g/mol. The minimum absolute atomic E-state index is 0.317. The molecule has 0 heterocycles. The molecule has 25 heavy (non-hydrogen) atoms. The minimum Gasteiger partial charge on any atom is -0.497 e. The van der Waals surface area contributed by atoms with Gasteiger partial charge in [0.2, 0.25) is 0 Å². The summed E-state index contributed by atoms with van der Waals surface area (Å²) < 4.78 is 10.9. The van der Waals surface area contributed by atoms with Crippen molar-refractivity contribution < 1.29 is 14.6 Å². The molecule has 0 amide bonds. The van der Waals surface area contributed by atoms with Crippen LogP contribution in [0.2, 0.25) is 39.3 Å². The third-order valence-corrected chi connectivity index (χ3v) is 7.68. The smallest absolute Gasteiger partial charge is 0.118 e. The highest BCUT2D eigenvalue weighted by atomic mass is 28.3. The van der Waals surface area contributed by atoms with Gasteiger partial charge in [0.15, 0.2) is 0 Å². The lowest BCUT2D eigenvalue weighted by Crippen LogP contribution is -2.35. The predicted octanol–water partition coefficient (Wildman–Crippen LogP) is 5.03. The quantitative estimate of drug-likeness (QED) is 0.457. The lowest BCUT2D eigenvalue weighted by Gasteiger charge is -2.29. The molecule has 5 heteroatoms. The number of rotatable bonds is 10. The molecule has 0 aliphatic rings. The molecule has 1 aromatic carbocycles. The molecule has 1 aromatic rings. The Balaban J connectivity index is 2.44. The summed E-state index contributed by atoms with van der Waals surface area (Å²) in [7, 11) is -1.16. The summed E-state index contributed by atoms with van der Waals surface area (Å²) >= 11 is 0. The largest absolute Gasteiger partial charge is 0.497 e. The zero-order valence-electron chi connectivity index (χ0n) is 17.1. The zero-order chi connectivity index (χ0) is 19.1. The van der Waals surface area contributed by atoms with Crippen LogP contribution in [0.5, 0.6) is 5.75 Å². The van der Waals surface area contributed by atoms with E-state index in [2.05, 4.69) is 45.0 Å². The van der Waals surface area contributed by atoms with E-state index in [0.717, 1.165) is 24.2 Å². The molecule has 1 atom stereocenters. The molecule has 3 nitrogen and oxygen atoms in total. The number of methoxy groups -OCH3 is 1. The summed E-state index contributed by atoms with van der Waals surface area (Å²) in [5.41, 5.74) is 3.56. The van der Waals surface area contributed by atoms with E-state index >= 15 is 0 Å². The molecule has 142 valence electrons. The Labute approximate surface area is 156 Å². The van der Waals surface area contributed by atoms with Crippen molar-refractivity contribution in [2.45, 2.75) is 64.8 Å². The molecule has 0 fully saturated rings. The van der Waals surface area contributed by atoms with E-state index < -0.39 is 16.1 Å². The topological polar surface area (TPSA) is 38.7 Å². The van der Waals surface area contributed by atoms with E-state index in [-0.39, 0.29) is 6.10 Å². The van der Waals surface area contributed by atoms with E-state index in [1.54, 1.807) is 7.11 Å². The van der Waals surface area contributed by atoms with Gasteiger partial charge in [-0.25, -0.2) is 0 Å². The number of benzene rings is 1. The van der Waals surface area contributed by atoms with Crippen molar-refractivity contribution in [3.05, 3.63) is 40.7 Å². The molecule has 0 saturated carbocycles. The molecular weight excluding hydrogens is 344 g/mol. The van der Waals surface area contributed by atoms with E-state index in [4.69, 9.17) is 9.47 Å². The van der Waals surface area contributed by atoms with Crippen LogP contribution in [0.3, 0.4) is 0 Å². The first-order valence-corrected chi connectivity index (χ1v) is 16.2. The van der Waals surface area contributed by atoms with E-state index in [9.17, 15) is 5.11 Å². The molecule has 1 rings (SSSR count). The second-order valence-corrected chi connectivity index (χ2v) is 18.9. The van der Waals surface area contributed by atoms with Crippen molar-refractivity contribution in [1.82, 2.24) is 0 Å². The van der Waals surface area contributed by atoms with Crippen molar-refractivity contribution in [3.8, 4) is 5.75 Å². The highest BCUT2D eigenvalue weighted by molar-refractivity contribution is 6.88. The van der Waals surface area contributed by atoms with Crippen molar-refractivity contribution >= 4 is 16.1 Å². The predicted molar refractivity (Wildman–Crippen MR) is 113 cm³/mol. The van der Waals surface area contributed by atoms with Crippen molar-refractivity contribution in [2.24, 2.45) is 0 Å². The van der Waals surface area contributed by atoms with Gasteiger partial charge in [-0.1, -0.05) is 62.3 Å². The van der Waals surface area contributed by atoms with Crippen LogP contribution >= 0.6 is 0 Å². The van der Waals surface area contributed by atoms with Gasteiger partial charge in [-0.2, -0.15) is 0 Å². The molecule has 1 N–H and O–H groups in total. The van der Waals surface area contributed by atoms with Gasteiger partial charge in [-0.15, -0.1) is 0 Å². The Bertz CT molecular complexity index is 540. The van der Waals surface area contributed by atoms with Crippen LogP contribution < -0.4 is 4.74 Å². The van der Waals surface area contributed by atoms with E-state index in [1.807, 2.05) is 24.3 Å². The van der Waals surface area contributed by atoms with Crippen molar-refractivity contribution in [3.63, 3.8) is 0 Å². The second-order valence-electron chi connectivity index (χ2n) is 8.77.